The van der Waals surface area contributed by atoms with Crippen LogP contribution in [0, 0.1) is 6.92 Å². The predicted octanol–water partition coefficient (Wildman–Crippen LogP) is 2.41. The Morgan fingerprint density at radius 3 is 2.71 bits per heavy atom. The van der Waals surface area contributed by atoms with Gasteiger partial charge in [0, 0.05) is 16.4 Å². The molecule has 0 saturated carbocycles. The molecule has 0 fully saturated rings. The lowest BCUT2D eigenvalue weighted by molar-refractivity contribution is 0.579. The zero-order chi connectivity index (χ0) is 15.5. The maximum Gasteiger partial charge on any atom is 0.241 e. The molecule has 5 nitrogen and oxygen atoms in total. The quantitative estimate of drug-likeness (QED) is 0.795. The zero-order valence-electron chi connectivity index (χ0n) is 11.7. The summed E-state index contributed by atoms with van der Waals surface area (Å²) in [7, 11) is -1.75. The SMILES string of the molecule is CNCc1cc(Br)c(C)c(S(=O)(=O)NCc2cscn2)c1. The number of hydrogen-bond acceptors (Lipinski definition) is 5. The summed E-state index contributed by atoms with van der Waals surface area (Å²) in [6, 6.07) is 3.62. The van der Waals surface area contributed by atoms with Gasteiger partial charge in [-0.25, -0.2) is 18.1 Å². The van der Waals surface area contributed by atoms with Gasteiger partial charge in [-0.2, -0.15) is 0 Å². The van der Waals surface area contributed by atoms with Crippen LogP contribution < -0.4 is 10.0 Å². The fraction of sp³-hybridized carbons (Fsp3) is 0.308. The minimum Gasteiger partial charge on any atom is -0.316 e. The average Bonchev–Trinajstić information content (AvgIpc) is 2.94. The molecule has 0 amide bonds. The Morgan fingerprint density at radius 1 is 1.33 bits per heavy atom. The molecule has 1 aromatic carbocycles. The van der Waals surface area contributed by atoms with E-state index in [1.165, 1.54) is 11.3 Å². The van der Waals surface area contributed by atoms with Gasteiger partial charge in [0.05, 0.1) is 22.6 Å². The largest absolute Gasteiger partial charge is 0.316 e. The molecule has 2 aromatic rings. The second-order valence-electron chi connectivity index (χ2n) is 4.54. The minimum atomic E-state index is -3.57. The summed E-state index contributed by atoms with van der Waals surface area (Å²) in [5.41, 5.74) is 4.00. The molecule has 0 aliphatic heterocycles. The van der Waals surface area contributed by atoms with Crippen LogP contribution in [0.5, 0.6) is 0 Å². The van der Waals surface area contributed by atoms with Crippen molar-refractivity contribution in [2.24, 2.45) is 0 Å². The molecule has 8 heteroatoms. The Labute approximate surface area is 137 Å². The third kappa shape index (κ3) is 4.10. The molecule has 0 aliphatic rings. The van der Waals surface area contributed by atoms with E-state index in [-0.39, 0.29) is 11.4 Å². The normalized spacial score (nSPS) is 11.8. The monoisotopic (exact) mass is 389 g/mol. The molecular formula is C13H16BrN3O2S2. The van der Waals surface area contributed by atoms with Gasteiger partial charge in [0.1, 0.15) is 0 Å². The molecule has 0 atom stereocenters. The van der Waals surface area contributed by atoms with Gasteiger partial charge in [0.2, 0.25) is 10.0 Å². The zero-order valence-corrected chi connectivity index (χ0v) is 14.9. The van der Waals surface area contributed by atoms with Gasteiger partial charge in [-0.15, -0.1) is 11.3 Å². The van der Waals surface area contributed by atoms with Gasteiger partial charge in [0.15, 0.2) is 0 Å². The number of rotatable bonds is 6. The Bertz CT molecular complexity index is 715. The number of hydrogen-bond donors (Lipinski definition) is 2. The third-order valence-electron chi connectivity index (χ3n) is 2.95. The molecule has 0 bridgehead atoms. The second-order valence-corrected chi connectivity index (χ2v) is 7.84. The third-order valence-corrected chi connectivity index (χ3v) is 5.94. The molecule has 114 valence electrons. The van der Waals surface area contributed by atoms with E-state index in [1.807, 2.05) is 18.5 Å². The summed E-state index contributed by atoms with van der Waals surface area (Å²) in [5, 5.41) is 4.84. The van der Waals surface area contributed by atoms with Crippen LogP contribution >= 0.6 is 27.3 Å². The van der Waals surface area contributed by atoms with E-state index in [0.29, 0.717) is 17.8 Å². The van der Waals surface area contributed by atoms with Crippen molar-refractivity contribution in [3.8, 4) is 0 Å². The van der Waals surface area contributed by atoms with Crippen molar-refractivity contribution in [1.29, 1.82) is 0 Å². The first-order valence-corrected chi connectivity index (χ1v) is 9.46. The molecule has 0 saturated heterocycles. The highest BCUT2D eigenvalue weighted by Crippen LogP contribution is 2.26. The molecule has 21 heavy (non-hydrogen) atoms. The van der Waals surface area contributed by atoms with E-state index < -0.39 is 10.0 Å². The summed E-state index contributed by atoms with van der Waals surface area (Å²) in [5.74, 6) is 0. The molecule has 1 aromatic heterocycles. The molecule has 2 rings (SSSR count). The van der Waals surface area contributed by atoms with Crippen LogP contribution in [-0.4, -0.2) is 20.4 Å². The fourth-order valence-corrected chi connectivity index (χ4v) is 4.37. The summed E-state index contributed by atoms with van der Waals surface area (Å²) in [6.07, 6.45) is 0. The van der Waals surface area contributed by atoms with E-state index in [2.05, 4.69) is 31.0 Å². The molecule has 0 aliphatic carbocycles. The smallest absolute Gasteiger partial charge is 0.241 e. The minimum absolute atomic E-state index is 0.194. The lowest BCUT2D eigenvalue weighted by Gasteiger charge is -2.12. The van der Waals surface area contributed by atoms with Crippen molar-refractivity contribution in [3.63, 3.8) is 0 Å². The van der Waals surface area contributed by atoms with Gasteiger partial charge >= 0.3 is 0 Å². The Kier molecular flexibility index (Phi) is 5.50. The highest BCUT2D eigenvalue weighted by atomic mass is 79.9. The standard InChI is InChI=1S/C13H16BrN3O2S2/c1-9-12(14)3-10(5-15-2)4-13(9)21(18,19)17-6-11-7-20-8-16-11/h3-4,7-8,15,17H,5-6H2,1-2H3. The van der Waals surface area contributed by atoms with E-state index in [9.17, 15) is 8.42 Å². The van der Waals surface area contributed by atoms with Crippen molar-refractivity contribution < 1.29 is 8.42 Å². The molecule has 0 radical (unpaired) electrons. The number of benzene rings is 1. The van der Waals surface area contributed by atoms with E-state index in [1.54, 1.807) is 18.5 Å². The van der Waals surface area contributed by atoms with Gasteiger partial charge in [-0.3, -0.25) is 0 Å². The van der Waals surface area contributed by atoms with E-state index in [0.717, 1.165) is 10.0 Å². The van der Waals surface area contributed by atoms with Crippen molar-refractivity contribution >= 4 is 37.3 Å². The van der Waals surface area contributed by atoms with Gasteiger partial charge < -0.3 is 5.32 Å². The van der Waals surface area contributed by atoms with Crippen LogP contribution in [0.15, 0.2) is 32.4 Å². The molecule has 2 N–H and O–H groups in total. The van der Waals surface area contributed by atoms with Crippen molar-refractivity contribution in [1.82, 2.24) is 15.0 Å². The molecule has 0 unspecified atom stereocenters. The van der Waals surface area contributed by atoms with Crippen LogP contribution in [0.25, 0.3) is 0 Å². The number of sulfonamides is 1. The predicted molar refractivity (Wildman–Crippen MR) is 87.8 cm³/mol. The maximum absolute atomic E-state index is 12.5. The number of thiazole rings is 1. The lowest BCUT2D eigenvalue weighted by atomic mass is 10.1. The van der Waals surface area contributed by atoms with Crippen molar-refractivity contribution in [2.75, 3.05) is 7.05 Å². The number of halogens is 1. The highest BCUT2D eigenvalue weighted by molar-refractivity contribution is 9.10. The summed E-state index contributed by atoms with van der Waals surface area (Å²) < 4.78 is 28.3. The topological polar surface area (TPSA) is 71.1 Å². The summed E-state index contributed by atoms with van der Waals surface area (Å²) >= 11 is 4.86. The van der Waals surface area contributed by atoms with E-state index in [4.69, 9.17) is 0 Å². The average molecular weight is 390 g/mol. The fourth-order valence-electron chi connectivity index (χ4n) is 1.86. The van der Waals surface area contributed by atoms with Crippen LogP contribution in [0.3, 0.4) is 0 Å². The van der Waals surface area contributed by atoms with Crippen molar-refractivity contribution in [2.45, 2.75) is 24.9 Å². The molecule has 1 heterocycles. The Hall–Kier alpha value is -0.800. The van der Waals surface area contributed by atoms with Crippen LogP contribution in [0.2, 0.25) is 0 Å². The van der Waals surface area contributed by atoms with Crippen LogP contribution in [0.4, 0.5) is 0 Å². The lowest BCUT2D eigenvalue weighted by Crippen LogP contribution is -2.24. The van der Waals surface area contributed by atoms with Crippen LogP contribution in [0.1, 0.15) is 16.8 Å². The first-order chi connectivity index (χ1) is 9.94. The van der Waals surface area contributed by atoms with Gasteiger partial charge in [-0.05, 0) is 37.2 Å². The Morgan fingerprint density at radius 2 is 2.10 bits per heavy atom. The second kappa shape index (κ2) is 6.97. The number of aromatic nitrogens is 1. The Balaban J connectivity index is 2.30. The first kappa shape index (κ1) is 16.6. The van der Waals surface area contributed by atoms with Gasteiger partial charge in [0.25, 0.3) is 0 Å². The maximum atomic E-state index is 12.5. The first-order valence-electron chi connectivity index (χ1n) is 6.24. The van der Waals surface area contributed by atoms with Crippen molar-refractivity contribution in [3.05, 3.63) is 44.3 Å². The van der Waals surface area contributed by atoms with Gasteiger partial charge in [-0.1, -0.05) is 15.9 Å². The van der Waals surface area contributed by atoms with Crippen LogP contribution in [-0.2, 0) is 23.1 Å². The summed E-state index contributed by atoms with van der Waals surface area (Å²) in [4.78, 5) is 4.36. The van der Waals surface area contributed by atoms with E-state index >= 15 is 0 Å². The number of nitrogens with zero attached hydrogens (tertiary/aromatic N) is 1. The molecule has 0 spiro atoms. The molecular weight excluding hydrogens is 374 g/mol. The summed E-state index contributed by atoms with van der Waals surface area (Å²) in [6.45, 7) is 2.58. The number of nitrogens with one attached hydrogen (secondary N) is 2. The highest BCUT2D eigenvalue weighted by Gasteiger charge is 2.19.